The van der Waals surface area contributed by atoms with Crippen LogP contribution in [0.4, 0.5) is 0 Å². The molecule has 0 aliphatic rings. The summed E-state index contributed by atoms with van der Waals surface area (Å²) in [7, 11) is 0. The van der Waals surface area contributed by atoms with Crippen molar-refractivity contribution >= 4 is 60.2 Å². The maximum Gasteiger partial charge on any atom is 0.168 e. The van der Waals surface area contributed by atoms with E-state index in [0.29, 0.717) is 6.42 Å². The number of hydrogen-bond acceptors (Lipinski definition) is 1. The lowest BCUT2D eigenvalue weighted by atomic mass is 10.0. The van der Waals surface area contributed by atoms with Crippen molar-refractivity contribution in [2.75, 3.05) is 0 Å². The molecule has 0 atom stereocenters. The molecule has 2 rings (SSSR count). The lowest BCUT2D eigenvalue weighted by Gasteiger charge is -2.05. The minimum Gasteiger partial charge on any atom is -0.294 e. The van der Waals surface area contributed by atoms with E-state index < -0.39 is 0 Å². The maximum atomic E-state index is 12.3. The third kappa shape index (κ3) is 3.65. The Hall–Kier alpha value is -0.200. The van der Waals surface area contributed by atoms with Crippen LogP contribution in [-0.2, 0) is 6.42 Å². The monoisotopic (exact) mass is 478 g/mol. The quantitative estimate of drug-likeness (QED) is 0.434. The first-order chi connectivity index (χ1) is 8.56. The number of halogens is 3. The van der Waals surface area contributed by atoms with Gasteiger partial charge in [-0.15, -0.1) is 0 Å². The van der Waals surface area contributed by atoms with Gasteiger partial charge >= 0.3 is 0 Å². The van der Waals surface area contributed by atoms with Gasteiger partial charge in [-0.2, -0.15) is 0 Å². The summed E-state index contributed by atoms with van der Waals surface area (Å²) < 4.78 is 2.91. The minimum absolute atomic E-state index is 0.138. The molecule has 0 radical (unpaired) electrons. The highest BCUT2D eigenvalue weighted by Crippen LogP contribution is 2.21. The molecule has 1 nitrogen and oxygen atoms in total. The van der Waals surface area contributed by atoms with Crippen molar-refractivity contribution in [1.29, 1.82) is 0 Å². The molecule has 2 aromatic carbocycles. The number of carbonyl (C=O) groups excluding carboxylic acids is 1. The fourth-order valence-corrected chi connectivity index (χ4v) is 3.08. The molecular weight excluding hydrogens is 471 g/mol. The second kappa shape index (κ2) is 6.30. The molecule has 0 aromatic heterocycles. The third-order valence-corrected chi connectivity index (χ3v) is 4.41. The summed E-state index contributed by atoms with van der Waals surface area (Å²) in [5.74, 6) is 0.138. The van der Waals surface area contributed by atoms with Gasteiger partial charge in [-0.3, -0.25) is 4.79 Å². The first kappa shape index (κ1) is 14.2. The zero-order chi connectivity index (χ0) is 13.1. The first-order valence-corrected chi connectivity index (χ1v) is 7.95. The summed E-state index contributed by atoms with van der Waals surface area (Å²) in [5, 5.41) is 0. The Morgan fingerprint density at radius 1 is 1.06 bits per heavy atom. The molecule has 0 fully saturated rings. The van der Waals surface area contributed by atoms with Gasteiger partial charge in [0.2, 0.25) is 0 Å². The number of Topliss-reactive ketones (excluding diaryl/α,β-unsaturated/α-hetero) is 1. The Labute approximate surface area is 136 Å². The van der Waals surface area contributed by atoms with Crippen LogP contribution >= 0.6 is 54.5 Å². The minimum atomic E-state index is 0.138. The zero-order valence-electron chi connectivity index (χ0n) is 9.29. The van der Waals surface area contributed by atoms with Gasteiger partial charge in [0, 0.05) is 24.5 Å². The predicted octanol–water partition coefficient (Wildman–Crippen LogP) is 5.24. The van der Waals surface area contributed by atoms with Crippen LogP contribution in [0.25, 0.3) is 0 Å². The molecule has 0 aliphatic heterocycles. The molecule has 0 saturated carbocycles. The number of hydrogen-bond donors (Lipinski definition) is 0. The number of rotatable bonds is 3. The van der Waals surface area contributed by atoms with Crippen LogP contribution in [0, 0.1) is 3.57 Å². The van der Waals surface area contributed by atoms with Crippen molar-refractivity contribution < 1.29 is 4.79 Å². The topological polar surface area (TPSA) is 17.1 Å². The van der Waals surface area contributed by atoms with Crippen LogP contribution in [0.2, 0.25) is 0 Å². The van der Waals surface area contributed by atoms with Gasteiger partial charge in [0.1, 0.15) is 0 Å². The Balaban J connectivity index is 2.24. The second-order valence-corrected chi connectivity index (χ2v) is 6.85. The van der Waals surface area contributed by atoms with Crippen LogP contribution < -0.4 is 0 Å². The highest BCUT2D eigenvalue weighted by atomic mass is 127. The molecule has 0 bridgehead atoms. The van der Waals surface area contributed by atoms with Crippen LogP contribution in [0.15, 0.2) is 51.4 Å². The first-order valence-electron chi connectivity index (χ1n) is 5.29. The van der Waals surface area contributed by atoms with E-state index in [0.717, 1.165) is 23.6 Å². The van der Waals surface area contributed by atoms with Gasteiger partial charge in [-0.25, -0.2) is 0 Å². The van der Waals surface area contributed by atoms with Crippen molar-refractivity contribution in [3.8, 4) is 0 Å². The molecule has 18 heavy (non-hydrogen) atoms. The molecule has 0 spiro atoms. The van der Waals surface area contributed by atoms with Crippen LogP contribution in [0.3, 0.4) is 0 Å². The van der Waals surface area contributed by atoms with Gasteiger partial charge in [-0.1, -0.05) is 44.0 Å². The van der Waals surface area contributed by atoms with Gasteiger partial charge in [0.25, 0.3) is 0 Å². The molecule has 0 saturated heterocycles. The van der Waals surface area contributed by atoms with Crippen molar-refractivity contribution in [3.05, 3.63) is 66.1 Å². The molecule has 4 heteroatoms. The molecular formula is C14H9Br2IO. The molecule has 0 unspecified atom stereocenters. The van der Waals surface area contributed by atoms with E-state index in [1.165, 1.54) is 0 Å². The van der Waals surface area contributed by atoms with E-state index in [1.54, 1.807) is 0 Å². The fraction of sp³-hybridized carbons (Fsp3) is 0.0714. The summed E-state index contributed by atoms with van der Waals surface area (Å²) in [6, 6.07) is 13.6. The largest absolute Gasteiger partial charge is 0.294 e. The van der Waals surface area contributed by atoms with Crippen LogP contribution in [0.5, 0.6) is 0 Å². The molecule has 0 aliphatic carbocycles. The van der Waals surface area contributed by atoms with E-state index in [-0.39, 0.29) is 5.78 Å². The smallest absolute Gasteiger partial charge is 0.168 e. The second-order valence-electron chi connectivity index (χ2n) is 3.85. The van der Waals surface area contributed by atoms with E-state index in [2.05, 4.69) is 54.5 Å². The summed E-state index contributed by atoms with van der Waals surface area (Å²) in [6.45, 7) is 0. The van der Waals surface area contributed by atoms with E-state index in [4.69, 9.17) is 0 Å². The van der Waals surface area contributed by atoms with E-state index in [9.17, 15) is 4.79 Å². The zero-order valence-corrected chi connectivity index (χ0v) is 14.6. The number of benzene rings is 2. The Morgan fingerprint density at radius 2 is 1.78 bits per heavy atom. The number of ketones is 1. The molecule has 92 valence electrons. The summed E-state index contributed by atoms with van der Waals surface area (Å²) >= 11 is 9.00. The van der Waals surface area contributed by atoms with Crippen LogP contribution in [0.1, 0.15) is 15.9 Å². The summed E-state index contributed by atoms with van der Waals surface area (Å²) in [5.41, 5.74) is 1.79. The number of carbonyl (C=O) groups is 1. The Morgan fingerprint density at radius 3 is 2.50 bits per heavy atom. The van der Waals surface area contributed by atoms with Gasteiger partial charge in [-0.05, 0) is 58.5 Å². The fourth-order valence-electron chi connectivity index (χ4n) is 1.64. The average molecular weight is 480 g/mol. The molecule has 0 heterocycles. The molecule has 0 N–H and O–H groups in total. The van der Waals surface area contributed by atoms with Gasteiger partial charge in [0.05, 0.1) is 0 Å². The summed E-state index contributed by atoms with van der Waals surface area (Å²) in [6.07, 6.45) is 0.423. The normalized spacial score (nSPS) is 10.4. The lowest BCUT2D eigenvalue weighted by molar-refractivity contribution is 0.0992. The van der Waals surface area contributed by atoms with Crippen molar-refractivity contribution in [2.24, 2.45) is 0 Å². The van der Waals surface area contributed by atoms with Crippen LogP contribution in [-0.4, -0.2) is 5.78 Å². The highest BCUT2D eigenvalue weighted by molar-refractivity contribution is 14.1. The van der Waals surface area contributed by atoms with E-state index >= 15 is 0 Å². The Kier molecular flexibility index (Phi) is 4.98. The Bertz CT molecular complexity index is 596. The standard InChI is InChI=1S/C14H9Br2IO/c15-10-3-1-2-9(6-10)7-14(18)12-8-11(16)4-5-13(12)17/h1-6,8H,7H2. The van der Waals surface area contributed by atoms with E-state index in [1.807, 2.05) is 42.5 Å². The van der Waals surface area contributed by atoms with Gasteiger partial charge < -0.3 is 0 Å². The van der Waals surface area contributed by atoms with Crippen molar-refractivity contribution in [1.82, 2.24) is 0 Å². The molecule has 0 amide bonds. The van der Waals surface area contributed by atoms with Gasteiger partial charge in [0.15, 0.2) is 5.78 Å². The third-order valence-electron chi connectivity index (χ3n) is 2.48. The predicted molar refractivity (Wildman–Crippen MR) is 89.0 cm³/mol. The average Bonchev–Trinajstić information content (AvgIpc) is 2.32. The lowest BCUT2D eigenvalue weighted by Crippen LogP contribution is -2.05. The summed E-state index contributed by atoms with van der Waals surface area (Å²) in [4.78, 5) is 12.3. The van der Waals surface area contributed by atoms with Crippen molar-refractivity contribution in [3.63, 3.8) is 0 Å². The maximum absolute atomic E-state index is 12.3. The van der Waals surface area contributed by atoms with Crippen molar-refractivity contribution in [2.45, 2.75) is 6.42 Å². The SMILES string of the molecule is O=C(Cc1cccc(Br)c1)c1cc(Br)ccc1I. The highest BCUT2D eigenvalue weighted by Gasteiger charge is 2.11. The molecule has 2 aromatic rings.